The van der Waals surface area contributed by atoms with Crippen LogP contribution < -0.4 is 5.32 Å². The summed E-state index contributed by atoms with van der Waals surface area (Å²) in [5, 5.41) is 10.8. The lowest BCUT2D eigenvalue weighted by Crippen LogP contribution is -2.33. The number of thiophene rings is 1. The Bertz CT molecular complexity index is 1070. The first-order chi connectivity index (χ1) is 15.4. The quantitative estimate of drug-likeness (QED) is 0.432. The van der Waals surface area contributed by atoms with Gasteiger partial charge in [0, 0.05) is 47.7 Å². The zero-order chi connectivity index (χ0) is 20.9. The molecule has 1 atom stereocenters. The molecular weight excluding hydrogens is 402 g/mol. The van der Waals surface area contributed by atoms with Crippen LogP contribution in [0.3, 0.4) is 0 Å². The van der Waals surface area contributed by atoms with Gasteiger partial charge < -0.3 is 5.32 Å². The van der Waals surface area contributed by atoms with Gasteiger partial charge >= 0.3 is 0 Å². The highest BCUT2D eigenvalue weighted by Crippen LogP contribution is 2.28. The van der Waals surface area contributed by atoms with Crippen LogP contribution in [0.15, 0.2) is 78.6 Å². The number of pyridine rings is 1. The van der Waals surface area contributed by atoms with Gasteiger partial charge in [-0.15, -0.1) is 11.3 Å². The van der Waals surface area contributed by atoms with E-state index in [0.29, 0.717) is 6.04 Å². The number of nitrogens with one attached hydrogen (secondary N) is 1. The van der Waals surface area contributed by atoms with E-state index in [0.717, 1.165) is 30.0 Å². The van der Waals surface area contributed by atoms with Crippen LogP contribution in [-0.4, -0.2) is 39.3 Å². The SMILES string of the molecule is c1ccc(-n2cc(CNC[C@@H](c3cccs3)N3CCCC3)c(-c3cccnc3)n2)cc1. The summed E-state index contributed by atoms with van der Waals surface area (Å²) in [6, 6.07) is 19.2. The van der Waals surface area contributed by atoms with Crippen LogP contribution in [-0.2, 0) is 6.54 Å². The number of hydrogen-bond acceptors (Lipinski definition) is 5. The van der Waals surface area contributed by atoms with Gasteiger partial charge in [-0.25, -0.2) is 4.68 Å². The Morgan fingerprint density at radius 1 is 1.00 bits per heavy atom. The number of benzene rings is 1. The maximum atomic E-state index is 4.90. The third-order valence-electron chi connectivity index (χ3n) is 5.85. The standard InChI is InChI=1S/C25H27N5S/c1-2-9-22(10-3-1)30-19-21(25(28-30)20-8-6-12-26-16-20)17-27-18-23(24-11-7-15-31-24)29-13-4-5-14-29/h1-3,6-12,15-16,19,23,27H,4-5,13-14,17-18H2/t23-/m0/s1. The predicted octanol–water partition coefficient (Wildman–Crippen LogP) is 4.92. The van der Waals surface area contributed by atoms with Crippen LogP contribution in [0.1, 0.15) is 29.3 Å². The molecule has 158 valence electrons. The maximum Gasteiger partial charge on any atom is 0.0988 e. The topological polar surface area (TPSA) is 46.0 Å². The monoisotopic (exact) mass is 429 g/mol. The van der Waals surface area contributed by atoms with Crippen molar-refractivity contribution in [3.05, 3.63) is 89.0 Å². The molecule has 1 fully saturated rings. The molecule has 0 spiro atoms. The second-order valence-corrected chi connectivity index (χ2v) is 8.91. The van der Waals surface area contributed by atoms with Gasteiger partial charge in [0.05, 0.1) is 17.4 Å². The van der Waals surface area contributed by atoms with Crippen LogP contribution in [0, 0.1) is 0 Å². The molecule has 5 nitrogen and oxygen atoms in total. The first-order valence-electron chi connectivity index (χ1n) is 10.9. The van der Waals surface area contributed by atoms with Gasteiger partial charge in [0.15, 0.2) is 0 Å². The summed E-state index contributed by atoms with van der Waals surface area (Å²) < 4.78 is 1.97. The van der Waals surface area contributed by atoms with E-state index in [2.05, 4.69) is 57.1 Å². The molecule has 0 aliphatic carbocycles. The normalized spacial score (nSPS) is 15.4. The Morgan fingerprint density at radius 3 is 2.61 bits per heavy atom. The number of para-hydroxylation sites is 1. The second-order valence-electron chi connectivity index (χ2n) is 7.93. The predicted molar refractivity (Wildman–Crippen MR) is 126 cm³/mol. The number of aromatic nitrogens is 3. The number of hydrogen-bond donors (Lipinski definition) is 1. The Kier molecular flexibility index (Phi) is 6.20. The first kappa shape index (κ1) is 20.1. The molecule has 6 heteroatoms. The molecule has 1 aliphatic rings. The minimum Gasteiger partial charge on any atom is -0.311 e. The van der Waals surface area contributed by atoms with Crippen molar-refractivity contribution in [2.75, 3.05) is 19.6 Å². The molecule has 5 rings (SSSR count). The lowest BCUT2D eigenvalue weighted by Gasteiger charge is -2.27. The molecule has 4 aromatic rings. The van der Waals surface area contributed by atoms with Crippen molar-refractivity contribution in [3.63, 3.8) is 0 Å². The Morgan fingerprint density at radius 2 is 1.87 bits per heavy atom. The zero-order valence-corrected chi connectivity index (χ0v) is 18.3. The molecule has 1 aromatic carbocycles. The molecule has 3 aromatic heterocycles. The van der Waals surface area contributed by atoms with Crippen molar-refractivity contribution >= 4 is 11.3 Å². The van der Waals surface area contributed by atoms with Crippen LogP contribution in [0.25, 0.3) is 16.9 Å². The number of likely N-dealkylation sites (tertiary alicyclic amines) is 1. The summed E-state index contributed by atoms with van der Waals surface area (Å²) in [4.78, 5) is 8.37. The summed E-state index contributed by atoms with van der Waals surface area (Å²) in [6.45, 7) is 4.09. The van der Waals surface area contributed by atoms with Crippen LogP contribution >= 0.6 is 11.3 Å². The highest BCUT2D eigenvalue weighted by molar-refractivity contribution is 7.10. The third-order valence-corrected chi connectivity index (χ3v) is 6.83. The fourth-order valence-electron chi connectivity index (χ4n) is 4.29. The molecule has 4 heterocycles. The largest absolute Gasteiger partial charge is 0.311 e. The molecular formula is C25H27N5S. The summed E-state index contributed by atoms with van der Waals surface area (Å²) in [7, 11) is 0. The lowest BCUT2D eigenvalue weighted by atomic mass is 10.1. The minimum atomic E-state index is 0.438. The second kappa shape index (κ2) is 9.56. The number of nitrogens with zero attached hydrogens (tertiary/aromatic N) is 4. The fraction of sp³-hybridized carbons (Fsp3) is 0.280. The van der Waals surface area contributed by atoms with Gasteiger partial charge in [-0.2, -0.15) is 5.10 Å². The van der Waals surface area contributed by atoms with Gasteiger partial charge in [-0.3, -0.25) is 9.88 Å². The van der Waals surface area contributed by atoms with E-state index in [9.17, 15) is 0 Å². The zero-order valence-electron chi connectivity index (χ0n) is 17.5. The Labute approximate surface area is 187 Å². The van der Waals surface area contributed by atoms with Crippen molar-refractivity contribution in [2.24, 2.45) is 0 Å². The van der Waals surface area contributed by atoms with Gasteiger partial charge in [-0.1, -0.05) is 24.3 Å². The van der Waals surface area contributed by atoms with Crippen molar-refractivity contribution in [2.45, 2.75) is 25.4 Å². The van der Waals surface area contributed by atoms with Gasteiger partial charge in [-0.05, 0) is 61.6 Å². The highest BCUT2D eigenvalue weighted by Gasteiger charge is 2.24. The maximum absolute atomic E-state index is 4.90. The highest BCUT2D eigenvalue weighted by atomic mass is 32.1. The molecule has 1 saturated heterocycles. The van der Waals surface area contributed by atoms with E-state index in [-0.39, 0.29) is 0 Å². The first-order valence-corrected chi connectivity index (χ1v) is 11.8. The molecule has 0 bridgehead atoms. The average molecular weight is 430 g/mol. The van der Waals surface area contributed by atoms with Crippen LogP contribution in [0.2, 0.25) is 0 Å². The van der Waals surface area contributed by atoms with Gasteiger partial charge in [0.25, 0.3) is 0 Å². The molecule has 1 N–H and O–H groups in total. The summed E-state index contributed by atoms with van der Waals surface area (Å²) in [6.07, 6.45) is 8.44. The molecule has 0 amide bonds. The third kappa shape index (κ3) is 4.61. The van der Waals surface area contributed by atoms with Crippen molar-refractivity contribution < 1.29 is 0 Å². The van der Waals surface area contributed by atoms with Gasteiger partial charge in [0.1, 0.15) is 0 Å². The number of rotatable bonds is 8. The fourth-order valence-corrected chi connectivity index (χ4v) is 5.15. The Balaban J connectivity index is 1.37. The van der Waals surface area contributed by atoms with Crippen molar-refractivity contribution in [1.82, 2.24) is 25.0 Å². The Hall–Kier alpha value is -2.80. The molecule has 31 heavy (non-hydrogen) atoms. The van der Waals surface area contributed by atoms with Crippen LogP contribution in [0.5, 0.6) is 0 Å². The van der Waals surface area contributed by atoms with E-state index in [1.807, 2.05) is 46.5 Å². The van der Waals surface area contributed by atoms with E-state index < -0.39 is 0 Å². The molecule has 0 saturated carbocycles. The molecule has 1 aliphatic heterocycles. The van der Waals surface area contributed by atoms with Crippen molar-refractivity contribution in [3.8, 4) is 16.9 Å². The average Bonchev–Trinajstić information content (AvgIpc) is 3.60. The smallest absolute Gasteiger partial charge is 0.0988 e. The lowest BCUT2D eigenvalue weighted by molar-refractivity contribution is 0.242. The molecule has 0 unspecified atom stereocenters. The van der Waals surface area contributed by atoms with Gasteiger partial charge in [0.2, 0.25) is 0 Å². The minimum absolute atomic E-state index is 0.438. The van der Waals surface area contributed by atoms with E-state index in [1.54, 1.807) is 6.20 Å². The summed E-state index contributed by atoms with van der Waals surface area (Å²) >= 11 is 1.86. The van der Waals surface area contributed by atoms with E-state index in [1.165, 1.54) is 36.4 Å². The summed E-state index contributed by atoms with van der Waals surface area (Å²) in [5.41, 5.74) is 4.28. The van der Waals surface area contributed by atoms with Crippen LogP contribution in [0.4, 0.5) is 0 Å². The summed E-state index contributed by atoms with van der Waals surface area (Å²) in [5.74, 6) is 0. The van der Waals surface area contributed by atoms with E-state index in [4.69, 9.17) is 5.10 Å². The van der Waals surface area contributed by atoms with Crippen molar-refractivity contribution in [1.29, 1.82) is 0 Å². The molecule has 0 radical (unpaired) electrons. The van der Waals surface area contributed by atoms with E-state index >= 15 is 0 Å².